The van der Waals surface area contributed by atoms with Crippen molar-refractivity contribution in [1.82, 2.24) is 0 Å². The number of hydrogen-bond donors (Lipinski definition) is 0. The number of hydrogen-bond acceptors (Lipinski definition) is 15. The minimum atomic E-state index is -1.46. The number of ether oxygens (including phenoxy) is 11. The van der Waals surface area contributed by atoms with Crippen molar-refractivity contribution >= 4 is 23.9 Å². The highest BCUT2D eigenvalue weighted by atomic mass is 16.8. The Balaban J connectivity index is 1.76. The minimum absolute atomic E-state index is 0.0739. The summed E-state index contributed by atoms with van der Waals surface area (Å²) in [5.41, 5.74) is 0. The molecule has 4 heterocycles. The third kappa shape index (κ3) is 7.52. The standard InChI is InChI=1S/C26H38O15/c1-11(27)33-19-17-15(37-23(36-14(4)30)21(19)35-13(3)29)9-31-26(7,8)41-22-20(34-12(2)28)18-16(38-24(22)39-17)10-32-25(5,6)40-18/h15-24H,9-10H2,1-8H3/t15?,16?,17?,18?,19-,20-,21+,22?,23?,24?/m0/s1. The van der Waals surface area contributed by atoms with Crippen LogP contribution in [0.4, 0.5) is 0 Å². The maximum absolute atomic E-state index is 12.2. The van der Waals surface area contributed by atoms with Gasteiger partial charge in [0.25, 0.3) is 0 Å². The molecule has 4 rings (SSSR count). The Morgan fingerprint density at radius 3 is 1.56 bits per heavy atom. The Labute approximate surface area is 237 Å². The van der Waals surface area contributed by atoms with Gasteiger partial charge in [-0.3, -0.25) is 19.2 Å². The van der Waals surface area contributed by atoms with E-state index in [1.54, 1.807) is 27.7 Å². The predicted molar refractivity (Wildman–Crippen MR) is 130 cm³/mol. The lowest BCUT2D eigenvalue weighted by Gasteiger charge is -2.52. The molecule has 0 spiro atoms. The number of fused-ring (bicyclic) bond motifs is 3. The summed E-state index contributed by atoms with van der Waals surface area (Å²) in [6.45, 7) is 11.3. The molecule has 0 aliphatic carbocycles. The van der Waals surface area contributed by atoms with E-state index in [0.717, 1.165) is 20.8 Å². The monoisotopic (exact) mass is 590 g/mol. The molecular weight excluding hydrogens is 552 g/mol. The Kier molecular flexibility index (Phi) is 9.28. The Bertz CT molecular complexity index is 1010. The van der Waals surface area contributed by atoms with E-state index in [2.05, 4.69) is 0 Å². The summed E-state index contributed by atoms with van der Waals surface area (Å²) in [5, 5.41) is 0. The van der Waals surface area contributed by atoms with Gasteiger partial charge in [-0.15, -0.1) is 0 Å². The van der Waals surface area contributed by atoms with Crippen LogP contribution in [0.2, 0.25) is 0 Å². The molecule has 4 saturated heterocycles. The Hall–Kier alpha value is -2.40. The number of rotatable bonds is 4. The molecule has 0 aromatic carbocycles. The van der Waals surface area contributed by atoms with Gasteiger partial charge in [-0.1, -0.05) is 0 Å². The van der Waals surface area contributed by atoms with Crippen LogP contribution in [0.1, 0.15) is 55.4 Å². The average Bonchev–Trinajstić information content (AvgIpc) is 2.87. The second-order valence-electron chi connectivity index (χ2n) is 11.1. The van der Waals surface area contributed by atoms with Gasteiger partial charge in [-0.25, -0.2) is 0 Å². The van der Waals surface area contributed by atoms with Gasteiger partial charge in [0.1, 0.15) is 24.4 Å². The lowest BCUT2D eigenvalue weighted by molar-refractivity contribution is -0.406. The maximum atomic E-state index is 12.2. The molecule has 41 heavy (non-hydrogen) atoms. The van der Waals surface area contributed by atoms with Gasteiger partial charge in [0, 0.05) is 27.7 Å². The molecule has 15 heteroatoms. The fraction of sp³-hybridized carbons (Fsp3) is 0.846. The highest BCUT2D eigenvalue weighted by molar-refractivity contribution is 5.68. The molecule has 0 N–H and O–H groups in total. The number of esters is 4. The first-order chi connectivity index (χ1) is 19.0. The summed E-state index contributed by atoms with van der Waals surface area (Å²) < 4.78 is 64.9. The maximum Gasteiger partial charge on any atom is 0.305 e. The summed E-state index contributed by atoms with van der Waals surface area (Å²) in [6, 6.07) is 0. The number of carbonyl (C=O) groups is 4. The first-order valence-corrected chi connectivity index (χ1v) is 13.3. The Morgan fingerprint density at radius 1 is 0.561 bits per heavy atom. The van der Waals surface area contributed by atoms with Crippen LogP contribution in [0, 0.1) is 0 Å². The molecule has 7 unspecified atom stereocenters. The van der Waals surface area contributed by atoms with Crippen molar-refractivity contribution in [2.75, 3.05) is 13.2 Å². The molecule has 0 bridgehead atoms. The average molecular weight is 591 g/mol. The summed E-state index contributed by atoms with van der Waals surface area (Å²) in [4.78, 5) is 48.4. The van der Waals surface area contributed by atoms with E-state index in [0.29, 0.717) is 0 Å². The molecule has 0 amide bonds. The van der Waals surface area contributed by atoms with Gasteiger partial charge >= 0.3 is 23.9 Å². The van der Waals surface area contributed by atoms with Gasteiger partial charge in [0.05, 0.1) is 13.2 Å². The van der Waals surface area contributed by atoms with Crippen LogP contribution in [-0.4, -0.2) is 110 Å². The van der Waals surface area contributed by atoms with Gasteiger partial charge in [-0.05, 0) is 27.7 Å². The third-order valence-corrected chi connectivity index (χ3v) is 6.69. The highest BCUT2D eigenvalue weighted by Gasteiger charge is 2.59. The first kappa shape index (κ1) is 31.5. The molecule has 232 valence electrons. The van der Waals surface area contributed by atoms with Gasteiger partial charge < -0.3 is 52.1 Å². The summed E-state index contributed by atoms with van der Waals surface area (Å²) in [7, 11) is 0. The fourth-order valence-corrected chi connectivity index (χ4v) is 5.24. The van der Waals surface area contributed by atoms with E-state index < -0.39 is 96.9 Å². The van der Waals surface area contributed by atoms with Crippen LogP contribution in [0.15, 0.2) is 0 Å². The van der Waals surface area contributed by atoms with Crippen molar-refractivity contribution in [3.05, 3.63) is 0 Å². The normalized spacial score (nSPS) is 39.6. The van der Waals surface area contributed by atoms with Crippen LogP contribution >= 0.6 is 0 Å². The molecule has 4 aliphatic rings. The van der Waals surface area contributed by atoms with E-state index in [1.807, 2.05) is 0 Å². The summed E-state index contributed by atoms with van der Waals surface area (Å²) >= 11 is 0. The van der Waals surface area contributed by atoms with Gasteiger partial charge in [-0.2, -0.15) is 0 Å². The summed E-state index contributed by atoms with van der Waals surface area (Å²) in [6.07, 6.45) is -11.4. The predicted octanol–water partition coefficient (Wildman–Crippen LogP) is 0.483. The van der Waals surface area contributed by atoms with Crippen LogP contribution in [-0.2, 0) is 71.3 Å². The van der Waals surface area contributed by atoms with E-state index >= 15 is 0 Å². The van der Waals surface area contributed by atoms with E-state index in [-0.39, 0.29) is 13.2 Å². The highest BCUT2D eigenvalue weighted by Crippen LogP contribution is 2.40. The SMILES string of the molecule is CC(=O)OC1OC2COC(C)(C)OC3C(OC4COC(C)(C)OC4[C@@H]3OC(C)=O)OC2[C@H](OC(C)=O)[C@H]1OC(C)=O. The third-order valence-electron chi connectivity index (χ3n) is 6.69. The van der Waals surface area contributed by atoms with E-state index in [9.17, 15) is 19.2 Å². The van der Waals surface area contributed by atoms with Crippen molar-refractivity contribution in [3.8, 4) is 0 Å². The smallest absolute Gasteiger partial charge is 0.305 e. The molecule has 0 radical (unpaired) electrons. The van der Waals surface area contributed by atoms with Crippen molar-refractivity contribution in [2.45, 2.75) is 128 Å². The Morgan fingerprint density at radius 2 is 1.02 bits per heavy atom. The van der Waals surface area contributed by atoms with Crippen molar-refractivity contribution in [2.24, 2.45) is 0 Å². The number of carbonyl (C=O) groups excluding carboxylic acids is 4. The van der Waals surface area contributed by atoms with Crippen LogP contribution in [0.5, 0.6) is 0 Å². The fourth-order valence-electron chi connectivity index (χ4n) is 5.24. The van der Waals surface area contributed by atoms with Gasteiger partial charge in [0.15, 0.2) is 36.2 Å². The second kappa shape index (κ2) is 12.1. The lowest BCUT2D eigenvalue weighted by Crippen LogP contribution is -2.68. The summed E-state index contributed by atoms with van der Waals surface area (Å²) in [5.74, 6) is -5.13. The molecule has 0 saturated carbocycles. The zero-order valence-electron chi connectivity index (χ0n) is 24.3. The molecule has 4 fully saturated rings. The molecule has 4 aliphatic heterocycles. The van der Waals surface area contributed by atoms with Crippen molar-refractivity contribution in [1.29, 1.82) is 0 Å². The minimum Gasteiger partial charge on any atom is -0.457 e. The topological polar surface area (TPSA) is 170 Å². The van der Waals surface area contributed by atoms with Crippen LogP contribution in [0.25, 0.3) is 0 Å². The molecule has 0 aromatic rings. The molecule has 0 aromatic heterocycles. The lowest BCUT2D eigenvalue weighted by atomic mass is 9.95. The molecular formula is C26H38O15. The zero-order valence-corrected chi connectivity index (χ0v) is 24.3. The van der Waals surface area contributed by atoms with E-state index in [1.165, 1.54) is 6.92 Å². The van der Waals surface area contributed by atoms with Crippen molar-refractivity contribution < 1.29 is 71.3 Å². The second-order valence-corrected chi connectivity index (χ2v) is 11.1. The van der Waals surface area contributed by atoms with E-state index in [4.69, 9.17) is 52.1 Å². The van der Waals surface area contributed by atoms with Crippen LogP contribution < -0.4 is 0 Å². The molecule has 15 nitrogen and oxygen atoms in total. The first-order valence-electron chi connectivity index (χ1n) is 13.3. The zero-order chi connectivity index (χ0) is 30.3. The quantitative estimate of drug-likeness (QED) is 0.327. The van der Waals surface area contributed by atoms with Gasteiger partial charge in [0.2, 0.25) is 12.4 Å². The largest absolute Gasteiger partial charge is 0.457 e. The van der Waals surface area contributed by atoms with Crippen molar-refractivity contribution in [3.63, 3.8) is 0 Å². The van der Waals surface area contributed by atoms with Crippen LogP contribution in [0.3, 0.4) is 0 Å². The molecule has 10 atom stereocenters.